The monoisotopic (exact) mass is 603 g/mol. The first-order chi connectivity index (χ1) is 19.6. The van der Waals surface area contributed by atoms with Gasteiger partial charge in [-0.05, 0) is 80.4 Å². The van der Waals surface area contributed by atoms with E-state index in [9.17, 15) is 22.4 Å². The van der Waals surface area contributed by atoms with Crippen LogP contribution in [0.4, 0.5) is 10.1 Å². The Balaban J connectivity index is 2.00. The zero-order chi connectivity index (χ0) is 30.0. The van der Waals surface area contributed by atoms with Gasteiger partial charge in [0, 0.05) is 18.1 Å². The maximum absolute atomic E-state index is 13.9. The smallest absolute Gasteiger partial charge is 0.264 e. The van der Waals surface area contributed by atoms with Crippen LogP contribution in [0.15, 0.2) is 77.7 Å². The van der Waals surface area contributed by atoms with Crippen LogP contribution in [0.5, 0.6) is 5.75 Å². The molecule has 3 aromatic carbocycles. The minimum Gasteiger partial charge on any atom is -0.494 e. The number of hydrogen-bond donors (Lipinski definition) is 1. The Morgan fingerprint density at radius 3 is 2.27 bits per heavy atom. The number of nitrogens with one attached hydrogen (secondary N) is 1. The van der Waals surface area contributed by atoms with Gasteiger partial charge in [0.25, 0.3) is 10.0 Å². The first-order valence-corrected chi connectivity index (χ1v) is 15.2. The van der Waals surface area contributed by atoms with Gasteiger partial charge in [-0.1, -0.05) is 43.1 Å². The highest BCUT2D eigenvalue weighted by atomic mass is 35.5. The summed E-state index contributed by atoms with van der Waals surface area (Å²) in [6.07, 6.45) is 1.66. The second kappa shape index (κ2) is 14.8. The molecule has 0 bridgehead atoms. The van der Waals surface area contributed by atoms with E-state index in [1.165, 1.54) is 41.3 Å². The fourth-order valence-electron chi connectivity index (χ4n) is 4.07. The van der Waals surface area contributed by atoms with Crippen molar-refractivity contribution < 1.29 is 27.1 Å². The molecule has 11 heteroatoms. The molecular formula is C30H35ClFN3O5S. The predicted octanol–water partition coefficient (Wildman–Crippen LogP) is 5.41. The highest BCUT2D eigenvalue weighted by Gasteiger charge is 2.32. The lowest BCUT2D eigenvalue weighted by atomic mass is 10.1. The van der Waals surface area contributed by atoms with Crippen LogP contribution in [0.1, 0.15) is 39.2 Å². The number of sulfonamides is 1. The average molecular weight is 604 g/mol. The lowest BCUT2D eigenvalue weighted by Gasteiger charge is -2.32. The summed E-state index contributed by atoms with van der Waals surface area (Å²) in [5.74, 6) is -1.08. The van der Waals surface area contributed by atoms with Gasteiger partial charge in [0.15, 0.2) is 0 Å². The van der Waals surface area contributed by atoms with E-state index in [2.05, 4.69) is 5.32 Å². The molecule has 0 saturated carbocycles. The van der Waals surface area contributed by atoms with Gasteiger partial charge < -0.3 is 15.0 Å². The molecule has 0 radical (unpaired) electrons. The second-order valence-corrected chi connectivity index (χ2v) is 11.6. The number of benzene rings is 3. The Hall–Kier alpha value is -3.63. The third-order valence-electron chi connectivity index (χ3n) is 6.41. The number of carbonyl (C=O) groups is 2. The Morgan fingerprint density at radius 1 is 1.00 bits per heavy atom. The molecule has 0 spiro atoms. The molecule has 41 heavy (non-hydrogen) atoms. The largest absolute Gasteiger partial charge is 0.494 e. The van der Waals surface area contributed by atoms with Crippen LogP contribution in [0.3, 0.4) is 0 Å². The number of hydrogen-bond acceptors (Lipinski definition) is 5. The molecular weight excluding hydrogens is 569 g/mol. The van der Waals surface area contributed by atoms with Crippen LogP contribution in [0.25, 0.3) is 0 Å². The second-order valence-electron chi connectivity index (χ2n) is 9.33. The molecule has 3 aromatic rings. The van der Waals surface area contributed by atoms with Gasteiger partial charge in [-0.3, -0.25) is 13.9 Å². The predicted molar refractivity (Wildman–Crippen MR) is 158 cm³/mol. The third kappa shape index (κ3) is 8.43. The minimum atomic E-state index is -4.29. The van der Waals surface area contributed by atoms with Crippen molar-refractivity contribution in [1.29, 1.82) is 0 Å². The lowest BCUT2D eigenvalue weighted by Crippen LogP contribution is -2.51. The maximum Gasteiger partial charge on any atom is 0.264 e. The van der Waals surface area contributed by atoms with Crippen LogP contribution in [0.2, 0.25) is 5.02 Å². The summed E-state index contributed by atoms with van der Waals surface area (Å²) in [7, 11) is -4.29. The molecule has 0 fully saturated rings. The zero-order valence-corrected chi connectivity index (χ0v) is 24.9. The quantitative estimate of drug-likeness (QED) is 0.249. The summed E-state index contributed by atoms with van der Waals surface area (Å²) in [6, 6.07) is 16.6. The number of halogens is 2. The number of carbonyl (C=O) groups excluding carboxylic acids is 2. The molecule has 0 saturated heterocycles. The van der Waals surface area contributed by atoms with E-state index in [1.54, 1.807) is 31.2 Å². The van der Waals surface area contributed by atoms with Crippen molar-refractivity contribution in [2.75, 3.05) is 24.0 Å². The Labute approximate surface area is 246 Å². The number of rotatable bonds is 14. The fraction of sp³-hybridized carbons (Fsp3) is 0.333. The van der Waals surface area contributed by atoms with Crippen molar-refractivity contribution >= 4 is 39.1 Å². The normalized spacial score (nSPS) is 11.9. The Bertz CT molecular complexity index is 1420. The molecule has 8 nitrogen and oxygen atoms in total. The van der Waals surface area contributed by atoms with Gasteiger partial charge in [-0.15, -0.1) is 0 Å². The Morgan fingerprint density at radius 2 is 1.66 bits per heavy atom. The number of amides is 2. The van der Waals surface area contributed by atoms with Crippen LogP contribution in [0, 0.1) is 5.82 Å². The molecule has 0 aliphatic carbocycles. The molecule has 220 valence electrons. The SMILES string of the molecule is CCCCNC(=O)[C@@H](C)N(Cc1ccccc1Cl)C(=O)CN(c1ccc(F)cc1)S(=O)(=O)c1ccc(OCC)cc1. The van der Waals surface area contributed by atoms with E-state index >= 15 is 0 Å². The molecule has 0 heterocycles. The highest BCUT2D eigenvalue weighted by Crippen LogP contribution is 2.27. The summed E-state index contributed by atoms with van der Waals surface area (Å²) in [5, 5.41) is 3.23. The summed E-state index contributed by atoms with van der Waals surface area (Å²) < 4.78 is 47.8. The van der Waals surface area contributed by atoms with E-state index < -0.39 is 34.3 Å². The van der Waals surface area contributed by atoms with Gasteiger partial charge in [0.1, 0.15) is 24.2 Å². The molecule has 0 aromatic heterocycles. The molecule has 2 amide bonds. The zero-order valence-electron chi connectivity index (χ0n) is 23.3. The van der Waals surface area contributed by atoms with Gasteiger partial charge in [-0.25, -0.2) is 12.8 Å². The molecule has 0 aliphatic heterocycles. The van der Waals surface area contributed by atoms with E-state index in [0.717, 1.165) is 29.3 Å². The number of nitrogens with zero attached hydrogens (tertiary/aromatic N) is 2. The fourth-order valence-corrected chi connectivity index (χ4v) is 5.68. The topological polar surface area (TPSA) is 96.0 Å². The summed E-state index contributed by atoms with van der Waals surface area (Å²) in [5.41, 5.74) is 0.685. The third-order valence-corrected chi connectivity index (χ3v) is 8.57. The molecule has 1 atom stereocenters. The highest BCUT2D eigenvalue weighted by molar-refractivity contribution is 7.92. The average Bonchev–Trinajstić information content (AvgIpc) is 2.96. The minimum absolute atomic E-state index is 0.0266. The summed E-state index contributed by atoms with van der Waals surface area (Å²) >= 11 is 6.37. The van der Waals surface area contributed by atoms with Crippen molar-refractivity contribution in [1.82, 2.24) is 10.2 Å². The van der Waals surface area contributed by atoms with E-state index in [4.69, 9.17) is 16.3 Å². The molecule has 0 unspecified atom stereocenters. The van der Waals surface area contributed by atoms with Crippen LogP contribution >= 0.6 is 11.6 Å². The standard InChI is InChI=1S/C30H35ClFN3O5S/c1-4-6-19-33-30(37)22(3)34(20-23-9-7-8-10-28(23)31)29(36)21-35(25-13-11-24(32)12-14-25)41(38,39)27-17-15-26(16-18-27)40-5-2/h7-18,22H,4-6,19-21H2,1-3H3,(H,33,37)/t22-/m1/s1. The number of unbranched alkanes of at least 4 members (excludes halogenated alkanes) is 1. The maximum atomic E-state index is 13.9. The number of ether oxygens (including phenoxy) is 1. The van der Waals surface area contributed by atoms with E-state index in [0.29, 0.717) is 29.5 Å². The van der Waals surface area contributed by atoms with Crippen molar-refractivity contribution in [2.45, 2.75) is 51.1 Å². The van der Waals surface area contributed by atoms with E-state index in [-0.39, 0.29) is 23.0 Å². The molecule has 3 rings (SSSR count). The van der Waals surface area contributed by atoms with Crippen LogP contribution < -0.4 is 14.4 Å². The van der Waals surface area contributed by atoms with Crippen molar-refractivity contribution in [2.24, 2.45) is 0 Å². The van der Waals surface area contributed by atoms with Gasteiger partial charge in [-0.2, -0.15) is 0 Å². The van der Waals surface area contributed by atoms with Crippen molar-refractivity contribution in [3.8, 4) is 5.75 Å². The van der Waals surface area contributed by atoms with Crippen LogP contribution in [-0.4, -0.2) is 50.9 Å². The van der Waals surface area contributed by atoms with Gasteiger partial charge >= 0.3 is 0 Å². The summed E-state index contributed by atoms with van der Waals surface area (Å²) in [4.78, 5) is 28.1. The number of anilines is 1. The Kier molecular flexibility index (Phi) is 11.5. The lowest BCUT2D eigenvalue weighted by molar-refractivity contribution is -0.139. The first-order valence-electron chi connectivity index (χ1n) is 13.4. The van der Waals surface area contributed by atoms with E-state index in [1.807, 2.05) is 13.8 Å². The van der Waals surface area contributed by atoms with Gasteiger partial charge in [0.05, 0.1) is 17.2 Å². The molecule has 0 aliphatic rings. The van der Waals surface area contributed by atoms with Crippen LogP contribution in [-0.2, 0) is 26.2 Å². The van der Waals surface area contributed by atoms with Crippen molar-refractivity contribution in [3.63, 3.8) is 0 Å². The summed E-state index contributed by atoms with van der Waals surface area (Å²) in [6.45, 7) is 5.58. The molecule has 1 N–H and O–H groups in total. The van der Waals surface area contributed by atoms with Gasteiger partial charge in [0.2, 0.25) is 11.8 Å². The first kappa shape index (κ1) is 31.9. The van der Waals surface area contributed by atoms with Crippen molar-refractivity contribution in [3.05, 3.63) is 89.2 Å².